The maximum absolute atomic E-state index is 13.1. The summed E-state index contributed by atoms with van der Waals surface area (Å²) in [5.41, 5.74) is -0.520. The molecule has 0 fully saturated rings. The molecular weight excluding hydrogens is 220 g/mol. The van der Waals surface area contributed by atoms with E-state index in [4.69, 9.17) is 5.11 Å². The first-order valence-electron chi connectivity index (χ1n) is 4.40. The van der Waals surface area contributed by atoms with Gasteiger partial charge in [-0.05, 0) is 25.1 Å². The number of aliphatic carboxylic acids is 1. The fourth-order valence-electron chi connectivity index (χ4n) is 1.01. The van der Waals surface area contributed by atoms with Gasteiger partial charge in [0.2, 0.25) is 0 Å². The Hall–Kier alpha value is -1.98. The smallest absolute Gasteiger partial charge is 0.325 e. The van der Waals surface area contributed by atoms with Gasteiger partial charge in [-0.15, -0.1) is 0 Å². The second kappa shape index (κ2) is 4.69. The lowest BCUT2D eigenvalue weighted by atomic mass is 10.2. The first-order chi connectivity index (χ1) is 7.41. The standard InChI is InChI=1S/C10H9F2NO3/c1-5(10(15)16)13-9(14)7-4-6(11)2-3-8(7)12/h2-5H,1H3,(H,13,14)(H,15,16)/t5-/m1/s1. The third-order valence-corrected chi connectivity index (χ3v) is 1.89. The summed E-state index contributed by atoms with van der Waals surface area (Å²) in [7, 11) is 0. The predicted molar refractivity (Wildman–Crippen MR) is 50.9 cm³/mol. The van der Waals surface area contributed by atoms with Crippen LogP contribution in [0.25, 0.3) is 0 Å². The van der Waals surface area contributed by atoms with Gasteiger partial charge in [-0.1, -0.05) is 0 Å². The van der Waals surface area contributed by atoms with E-state index in [1.54, 1.807) is 0 Å². The largest absolute Gasteiger partial charge is 0.480 e. The van der Waals surface area contributed by atoms with Gasteiger partial charge in [-0.3, -0.25) is 9.59 Å². The van der Waals surface area contributed by atoms with Gasteiger partial charge >= 0.3 is 5.97 Å². The van der Waals surface area contributed by atoms with Gasteiger partial charge in [0, 0.05) is 0 Å². The summed E-state index contributed by atoms with van der Waals surface area (Å²) in [6.45, 7) is 1.22. The van der Waals surface area contributed by atoms with Crippen molar-refractivity contribution in [3.63, 3.8) is 0 Å². The summed E-state index contributed by atoms with van der Waals surface area (Å²) in [5.74, 6) is -3.90. The molecule has 1 aromatic rings. The monoisotopic (exact) mass is 229 g/mol. The number of halogens is 2. The average Bonchev–Trinajstić information content (AvgIpc) is 2.21. The third-order valence-electron chi connectivity index (χ3n) is 1.89. The van der Waals surface area contributed by atoms with E-state index in [-0.39, 0.29) is 0 Å². The number of carbonyl (C=O) groups is 2. The van der Waals surface area contributed by atoms with Gasteiger partial charge in [-0.25, -0.2) is 8.78 Å². The van der Waals surface area contributed by atoms with Crippen molar-refractivity contribution < 1.29 is 23.5 Å². The minimum Gasteiger partial charge on any atom is -0.480 e. The van der Waals surface area contributed by atoms with Crippen molar-refractivity contribution >= 4 is 11.9 Å². The Morgan fingerprint density at radius 3 is 2.56 bits per heavy atom. The van der Waals surface area contributed by atoms with Crippen LogP contribution in [0.5, 0.6) is 0 Å². The van der Waals surface area contributed by atoms with Crippen molar-refractivity contribution in [3.8, 4) is 0 Å². The minimum atomic E-state index is -1.26. The lowest BCUT2D eigenvalue weighted by Crippen LogP contribution is -2.38. The summed E-state index contributed by atoms with van der Waals surface area (Å²) < 4.78 is 25.8. The van der Waals surface area contributed by atoms with Gasteiger partial charge < -0.3 is 10.4 Å². The summed E-state index contributed by atoms with van der Waals surface area (Å²) >= 11 is 0. The second-order valence-corrected chi connectivity index (χ2v) is 3.16. The molecule has 1 amide bonds. The maximum atomic E-state index is 13.1. The van der Waals surface area contributed by atoms with E-state index in [1.165, 1.54) is 6.92 Å². The van der Waals surface area contributed by atoms with Gasteiger partial charge in [-0.2, -0.15) is 0 Å². The molecule has 1 rings (SSSR count). The van der Waals surface area contributed by atoms with Crippen molar-refractivity contribution in [2.45, 2.75) is 13.0 Å². The van der Waals surface area contributed by atoms with E-state index in [0.717, 1.165) is 12.1 Å². The zero-order valence-electron chi connectivity index (χ0n) is 8.33. The summed E-state index contributed by atoms with van der Waals surface area (Å²) in [6, 6.07) is 1.21. The average molecular weight is 229 g/mol. The van der Waals surface area contributed by atoms with Gasteiger partial charge in [0.1, 0.15) is 17.7 Å². The fraction of sp³-hybridized carbons (Fsp3) is 0.200. The molecule has 0 saturated heterocycles. The zero-order valence-corrected chi connectivity index (χ0v) is 8.33. The van der Waals surface area contributed by atoms with Crippen LogP contribution in [0.3, 0.4) is 0 Å². The van der Waals surface area contributed by atoms with Crippen LogP contribution in [-0.4, -0.2) is 23.0 Å². The number of amides is 1. The minimum absolute atomic E-state index is 0.520. The van der Waals surface area contributed by atoms with Crippen molar-refractivity contribution in [1.29, 1.82) is 0 Å². The molecule has 2 N–H and O–H groups in total. The van der Waals surface area contributed by atoms with Crippen LogP contribution in [-0.2, 0) is 4.79 Å². The van der Waals surface area contributed by atoms with E-state index in [9.17, 15) is 18.4 Å². The number of benzene rings is 1. The van der Waals surface area contributed by atoms with Crippen molar-refractivity contribution in [2.24, 2.45) is 0 Å². The molecule has 0 aromatic heterocycles. The summed E-state index contributed by atoms with van der Waals surface area (Å²) in [5, 5.41) is 10.5. The number of hydrogen-bond acceptors (Lipinski definition) is 2. The van der Waals surface area contributed by atoms with E-state index in [0.29, 0.717) is 6.07 Å². The highest BCUT2D eigenvalue weighted by Gasteiger charge is 2.18. The quantitative estimate of drug-likeness (QED) is 0.817. The number of carbonyl (C=O) groups excluding carboxylic acids is 1. The highest BCUT2D eigenvalue weighted by molar-refractivity contribution is 5.96. The van der Waals surface area contributed by atoms with E-state index >= 15 is 0 Å². The van der Waals surface area contributed by atoms with Crippen LogP contribution in [0.2, 0.25) is 0 Å². The number of rotatable bonds is 3. The Morgan fingerprint density at radius 1 is 1.38 bits per heavy atom. The SMILES string of the molecule is C[C@@H](NC(=O)c1cc(F)ccc1F)C(=O)O. The highest BCUT2D eigenvalue weighted by atomic mass is 19.1. The van der Waals surface area contributed by atoms with E-state index in [2.05, 4.69) is 0 Å². The Balaban J connectivity index is 2.88. The number of nitrogens with one attached hydrogen (secondary N) is 1. The lowest BCUT2D eigenvalue weighted by Gasteiger charge is -2.09. The normalized spacial score (nSPS) is 11.9. The molecule has 0 aliphatic carbocycles. The first kappa shape index (κ1) is 12.1. The van der Waals surface area contributed by atoms with Crippen LogP contribution >= 0.6 is 0 Å². The lowest BCUT2D eigenvalue weighted by molar-refractivity contribution is -0.138. The van der Waals surface area contributed by atoms with Gasteiger partial charge in [0.25, 0.3) is 5.91 Å². The summed E-state index contributed by atoms with van der Waals surface area (Å²) in [6.07, 6.45) is 0. The van der Waals surface area contributed by atoms with E-state index in [1.807, 2.05) is 5.32 Å². The first-order valence-corrected chi connectivity index (χ1v) is 4.40. The predicted octanol–water partition coefficient (Wildman–Crippen LogP) is 1.17. The molecule has 1 atom stereocenters. The molecule has 0 spiro atoms. The van der Waals surface area contributed by atoms with Crippen molar-refractivity contribution in [1.82, 2.24) is 5.32 Å². The fourth-order valence-corrected chi connectivity index (χ4v) is 1.01. The molecule has 16 heavy (non-hydrogen) atoms. The molecule has 4 nitrogen and oxygen atoms in total. The van der Waals surface area contributed by atoms with Gasteiger partial charge in [0.15, 0.2) is 0 Å². The maximum Gasteiger partial charge on any atom is 0.325 e. The number of carboxylic acid groups (broad SMARTS) is 1. The van der Waals surface area contributed by atoms with Crippen LogP contribution in [0.15, 0.2) is 18.2 Å². The molecule has 0 bridgehead atoms. The number of hydrogen-bond donors (Lipinski definition) is 2. The molecule has 0 aliphatic heterocycles. The highest BCUT2D eigenvalue weighted by Crippen LogP contribution is 2.09. The molecule has 0 saturated carbocycles. The van der Waals surface area contributed by atoms with Gasteiger partial charge in [0.05, 0.1) is 5.56 Å². The Kier molecular flexibility index (Phi) is 3.55. The molecule has 86 valence electrons. The van der Waals surface area contributed by atoms with Crippen molar-refractivity contribution in [3.05, 3.63) is 35.4 Å². The topological polar surface area (TPSA) is 66.4 Å². The Labute approximate surface area is 89.9 Å². The molecule has 0 unspecified atom stereocenters. The molecule has 0 radical (unpaired) electrons. The molecule has 0 aliphatic rings. The third kappa shape index (κ3) is 2.75. The Bertz CT molecular complexity index is 434. The van der Waals surface area contributed by atoms with E-state index < -0.39 is 35.1 Å². The molecular formula is C10H9F2NO3. The Morgan fingerprint density at radius 2 is 2.00 bits per heavy atom. The van der Waals surface area contributed by atoms with Crippen molar-refractivity contribution in [2.75, 3.05) is 0 Å². The molecule has 6 heteroatoms. The summed E-state index contributed by atoms with van der Waals surface area (Å²) in [4.78, 5) is 21.8. The van der Waals surface area contributed by atoms with Crippen LogP contribution in [0.4, 0.5) is 8.78 Å². The van der Waals surface area contributed by atoms with Crippen LogP contribution in [0.1, 0.15) is 17.3 Å². The second-order valence-electron chi connectivity index (χ2n) is 3.16. The van der Waals surface area contributed by atoms with Crippen LogP contribution in [0, 0.1) is 11.6 Å². The molecule has 1 aromatic carbocycles. The molecule has 0 heterocycles. The number of carboxylic acids is 1. The zero-order chi connectivity index (χ0) is 12.3. The van der Waals surface area contributed by atoms with Crippen LogP contribution < -0.4 is 5.32 Å².